The van der Waals surface area contributed by atoms with Crippen molar-refractivity contribution in [3.8, 4) is 0 Å². The minimum absolute atomic E-state index is 0.179. The van der Waals surface area contributed by atoms with Crippen molar-refractivity contribution in [2.24, 2.45) is 0 Å². The first kappa shape index (κ1) is 40.4. The summed E-state index contributed by atoms with van der Waals surface area (Å²) in [5.74, 6) is -0.215. The summed E-state index contributed by atoms with van der Waals surface area (Å²) in [4.78, 5) is 12.1. The molecule has 0 aromatic rings. The van der Waals surface area contributed by atoms with Crippen LogP contribution in [0.2, 0.25) is 0 Å². The number of aliphatic hydroxyl groups excluding tert-OH is 1. The van der Waals surface area contributed by atoms with Crippen LogP contribution in [0.5, 0.6) is 0 Å². The van der Waals surface area contributed by atoms with Gasteiger partial charge in [-0.3, -0.25) is 4.79 Å². The van der Waals surface area contributed by atoms with Crippen LogP contribution >= 0.6 is 0 Å². The van der Waals surface area contributed by atoms with Gasteiger partial charge in [0, 0.05) is 13.0 Å². The van der Waals surface area contributed by atoms with Crippen LogP contribution in [-0.2, 0) is 14.3 Å². The van der Waals surface area contributed by atoms with Crippen LogP contribution in [0, 0.1) is 0 Å². The molecule has 0 amide bonds. The minimum Gasteiger partial charge on any atom is -0.457 e. The number of unbranched alkanes of at least 4 members (excludes halogenated alkanes) is 16. The summed E-state index contributed by atoms with van der Waals surface area (Å²) >= 11 is 0. The van der Waals surface area contributed by atoms with Crippen LogP contribution < -0.4 is 0 Å². The monoisotopic (exact) mass is 589 g/mol. The highest BCUT2D eigenvalue weighted by atomic mass is 16.6. The van der Waals surface area contributed by atoms with E-state index >= 15 is 0 Å². The van der Waals surface area contributed by atoms with Gasteiger partial charge >= 0.3 is 5.97 Å². The van der Waals surface area contributed by atoms with Crippen LogP contribution in [0.4, 0.5) is 0 Å². The first-order valence-corrected chi connectivity index (χ1v) is 17.7. The maximum atomic E-state index is 12.1. The van der Waals surface area contributed by atoms with E-state index in [2.05, 4.69) is 62.5 Å². The van der Waals surface area contributed by atoms with Gasteiger partial charge in [0.15, 0.2) is 0 Å². The lowest BCUT2D eigenvalue weighted by atomic mass is 10.1. The van der Waals surface area contributed by atoms with Gasteiger partial charge in [-0.1, -0.05) is 133 Å². The first-order valence-electron chi connectivity index (χ1n) is 17.7. The molecular formula is C38H68O4. The standard InChI is InChI=1S/C38H68O4/c1-3-5-7-9-11-13-15-17-18-19-20-21-23-25-27-29-31-33-38(40)42-37(35-39)36-41-34-32-30-28-26-24-22-16-14-12-10-8-6-4-2/h5,7,11-14,17-18,37,39H,3-4,6,8-10,15-16,19-36H2,1-2H3/b7-5-,13-11-,14-12-,18-17-. The summed E-state index contributed by atoms with van der Waals surface area (Å²) in [6, 6.07) is 0. The number of esters is 1. The third-order valence-electron chi connectivity index (χ3n) is 7.39. The Morgan fingerprint density at radius 3 is 1.64 bits per heavy atom. The van der Waals surface area contributed by atoms with Gasteiger partial charge < -0.3 is 14.6 Å². The molecule has 0 aliphatic rings. The van der Waals surface area contributed by atoms with E-state index < -0.39 is 6.10 Å². The fourth-order valence-electron chi connectivity index (χ4n) is 4.75. The summed E-state index contributed by atoms with van der Waals surface area (Å²) in [5.41, 5.74) is 0. The van der Waals surface area contributed by atoms with Crippen molar-refractivity contribution >= 4 is 5.97 Å². The van der Waals surface area contributed by atoms with Gasteiger partial charge in [0.1, 0.15) is 6.10 Å². The largest absolute Gasteiger partial charge is 0.457 e. The number of allylic oxidation sites excluding steroid dienone is 8. The second kappa shape index (κ2) is 35.5. The maximum Gasteiger partial charge on any atom is 0.306 e. The Morgan fingerprint density at radius 2 is 1.07 bits per heavy atom. The van der Waals surface area contributed by atoms with Gasteiger partial charge in [-0.05, 0) is 70.6 Å². The van der Waals surface area contributed by atoms with E-state index in [0.717, 1.165) is 38.5 Å². The van der Waals surface area contributed by atoms with Crippen molar-refractivity contribution in [1.82, 2.24) is 0 Å². The summed E-state index contributed by atoms with van der Waals surface area (Å²) in [5, 5.41) is 9.54. The Balaban J connectivity index is 3.49. The molecule has 0 bridgehead atoms. The van der Waals surface area contributed by atoms with Crippen molar-refractivity contribution in [1.29, 1.82) is 0 Å². The molecule has 0 aliphatic carbocycles. The number of hydrogen-bond acceptors (Lipinski definition) is 4. The Hall–Kier alpha value is -1.65. The summed E-state index contributed by atoms with van der Waals surface area (Å²) in [6.45, 7) is 5.18. The van der Waals surface area contributed by atoms with Crippen molar-refractivity contribution < 1.29 is 19.4 Å². The molecule has 0 aliphatic heterocycles. The molecule has 0 spiro atoms. The first-order chi connectivity index (χ1) is 20.7. The molecule has 0 aromatic carbocycles. The van der Waals surface area contributed by atoms with Crippen LogP contribution in [0.3, 0.4) is 0 Å². The van der Waals surface area contributed by atoms with E-state index in [9.17, 15) is 9.90 Å². The SMILES string of the molecule is CC/C=C\C/C=C\C/C=C\CCCCCCCCCC(=O)OC(CO)COCCCCCCCC/C=C\CCCCC. The van der Waals surface area contributed by atoms with Crippen molar-refractivity contribution in [2.45, 2.75) is 168 Å². The molecular weight excluding hydrogens is 520 g/mol. The fraction of sp³-hybridized carbons (Fsp3) is 0.763. The highest BCUT2D eigenvalue weighted by Gasteiger charge is 2.13. The predicted octanol–water partition coefficient (Wildman–Crippen LogP) is 11.1. The number of ether oxygens (including phenoxy) is 2. The number of aliphatic hydroxyl groups is 1. The topological polar surface area (TPSA) is 55.8 Å². The minimum atomic E-state index is -0.541. The zero-order chi connectivity index (χ0) is 30.6. The smallest absolute Gasteiger partial charge is 0.306 e. The van der Waals surface area contributed by atoms with Crippen molar-refractivity contribution in [2.75, 3.05) is 19.8 Å². The fourth-order valence-corrected chi connectivity index (χ4v) is 4.75. The lowest BCUT2D eigenvalue weighted by Crippen LogP contribution is -2.27. The quantitative estimate of drug-likeness (QED) is 0.0482. The molecule has 0 saturated carbocycles. The lowest BCUT2D eigenvalue weighted by Gasteiger charge is -2.15. The Morgan fingerprint density at radius 1 is 0.595 bits per heavy atom. The van der Waals surface area contributed by atoms with Crippen LogP contribution in [0.25, 0.3) is 0 Å². The molecule has 0 saturated heterocycles. The van der Waals surface area contributed by atoms with E-state index in [0.29, 0.717) is 13.0 Å². The third-order valence-corrected chi connectivity index (χ3v) is 7.39. The molecule has 0 rings (SSSR count). The van der Waals surface area contributed by atoms with E-state index in [4.69, 9.17) is 9.47 Å². The Kier molecular flexibility index (Phi) is 34.1. The van der Waals surface area contributed by atoms with Gasteiger partial charge in [-0.25, -0.2) is 0 Å². The molecule has 4 heteroatoms. The number of hydrogen-bond donors (Lipinski definition) is 1. The summed E-state index contributed by atoms with van der Waals surface area (Å²) in [6.07, 6.45) is 44.3. The average molecular weight is 589 g/mol. The third kappa shape index (κ3) is 32.9. The zero-order valence-corrected chi connectivity index (χ0v) is 27.8. The van der Waals surface area contributed by atoms with Crippen molar-refractivity contribution in [3.05, 3.63) is 48.6 Å². The molecule has 1 unspecified atom stereocenters. The highest BCUT2D eigenvalue weighted by molar-refractivity contribution is 5.69. The molecule has 0 radical (unpaired) electrons. The van der Waals surface area contributed by atoms with Crippen LogP contribution in [-0.4, -0.2) is 37.0 Å². The van der Waals surface area contributed by atoms with E-state index in [1.54, 1.807) is 0 Å². The normalized spacial score (nSPS) is 12.9. The van der Waals surface area contributed by atoms with Gasteiger partial charge in [0.2, 0.25) is 0 Å². The Labute approximate surface area is 261 Å². The van der Waals surface area contributed by atoms with Gasteiger partial charge in [-0.2, -0.15) is 0 Å². The van der Waals surface area contributed by atoms with E-state index in [1.807, 2.05) is 0 Å². The molecule has 244 valence electrons. The predicted molar refractivity (Wildman–Crippen MR) is 182 cm³/mol. The zero-order valence-electron chi connectivity index (χ0n) is 27.8. The average Bonchev–Trinajstić information content (AvgIpc) is 3.00. The number of carbonyl (C=O) groups is 1. The van der Waals surface area contributed by atoms with Gasteiger partial charge in [0.25, 0.3) is 0 Å². The molecule has 4 nitrogen and oxygen atoms in total. The molecule has 0 heterocycles. The Bertz CT molecular complexity index is 664. The number of carbonyl (C=O) groups excluding carboxylic acids is 1. The summed E-state index contributed by atoms with van der Waals surface area (Å²) in [7, 11) is 0. The highest BCUT2D eigenvalue weighted by Crippen LogP contribution is 2.12. The maximum absolute atomic E-state index is 12.1. The van der Waals surface area contributed by atoms with Gasteiger partial charge in [-0.15, -0.1) is 0 Å². The van der Waals surface area contributed by atoms with Crippen molar-refractivity contribution in [3.63, 3.8) is 0 Å². The summed E-state index contributed by atoms with van der Waals surface area (Å²) < 4.78 is 11.1. The molecule has 42 heavy (non-hydrogen) atoms. The van der Waals surface area contributed by atoms with E-state index in [1.165, 1.54) is 103 Å². The molecule has 0 fully saturated rings. The number of rotatable bonds is 32. The molecule has 1 atom stereocenters. The second-order valence-corrected chi connectivity index (χ2v) is 11.6. The molecule has 0 aromatic heterocycles. The lowest BCUT2D eigenvalue weighted by molar-refractivity contribution is -0.154. The molecule has 1 N–H and O–H groups in total. The van der Waals surface area contributed by atoms with E-state index in [-0.39, 0.29) is 19.2 Å². The van der Waals surface area contributed by atoms with Crippen LogP contribution in [0.15, 0.2) is 48.6 Å². The van der Waals surface area contributed by atoms with Gasteiger partial charge in [0.05, 0.1) is 13.2 Å². The van der Waals surface area contributed by atoms with Crippen LogP contribution in [0.1, 0.15) is 162 Å². The second-order valence-electron chi connectivity index (χ2n) is 11.6.